The van der Waals surface area contributed by atoms with Crippen molar-refractivity contribution in [3.05, 3.63) is 29.8 Å². The molecule has 0 aliphatic carbocycles. The van der Waals surface area contributed by atoms with Gasteiger partial charge in [0.15, 0.2) is 6.61 Å². The third-order valence-corrected chi connectivity index (χ3v) is 4.63. The molecule has 9 heteroatoms. The number of nitrogens with zero attached hydrogens (tertiary/aromatic N) is 1. The maximum atomic E-state index is 12.7. The molecule has 0 spiro atoms. The van der Waals surface area contributed by atoms with Crippen molar-refractivity contribution >= 4 is 23.8 Å². The molecule has 0 bridgehead atoms. The van der Waals surface area contributed by atoms with Crippen molar-refractivity contribution in [1.82, 2.24) is 21.1 Å². The summed E-state index contributed by atoms with van der Waals surface area (Å²) in [5.41, 5.74) is 4.51. The summed E-state index contributed by atoms with van der Waals surface area (Å²) in [6.45, 7) is 5.04. The zero-order valence-electron chi connectivity index (χ0n) is 17.0. The molecule has 0 aromatic heterocycles. The number of rotatable bonds is 9. The third kappa shape index (κ3) is 5.69. The number of carbonyl (C=O) groups excluding carboxylic acids is 4. The minimum Gasteiger partial charge on any atom is -0.484 e. The van der Waals surface area contributed by atoms with E-state index >= 15 is 0 Å². The van der Waals surface area contributed by atoms with E-state index in [2.05, 4.69) is 16.2 Å². The summed E-state index contributed by atoms with van der Waals surface area (Å²) in [6, 6.07) is 6.57. The first-order valence-electron chi connectivity index (χ1n) is 9.72. The quantitative estimate of drug-likeness (QED) is 0.425. The maximum absolute atomic E-state index is 12.7. The van der Waals surface area contributed by atoms with Crippen molar-refractivity contribution in [2.24, 2.45) is 0 Å². The standard InChI is InChI=1S/C20H28N4O5/c1-4-10-20(11-5-2)18(27)24(19(28)21-20)12-16(25)22-23-17(26)13-29-15-8-6-14(3)7-9-15/h6-9H,4-5,10-13H2,1-3H3,(H,21,28)(H,22,25)(H,23,26). The lowest BCUT2D eigenvalue weighted by atomic mass is 9.88. The Morgan fingerprint density at radius 3 is 2.21 bits per heavy atom. The summed E-state index contributed by atoms with van der Waals surface area (Å²) in [5, 5.41) is 2.73. The summed E-state index contributed by atoms with van der Waals surface area (Å²) >= 11 is 0. The molecule has 0 atom stereocenters. The lowest BCUT2D eigenvalue weighted by Crippen LogP contribution is -2.50. The summed E-state index contributed by atoms with van der Waals surface area (Å²) in [7, 11) is 0. The molecule has 1 aliphatic rings. The monoisotopic (exact) mass is 404 g/mol. The summed E-state index contributed by atoms with van der Waals surface area (Å²) in [4.78, 5) is 49.7. The van der Waals surface area contributed by atoms with Gasteiger partial charge in [-0.05, 0) is 31.9 Å². The van der Waals surface area contributed by atoms with Crippen molar-refractivity contribution < 1.29 is 23.9 Å². The zero-order valence-corrected chi connectivity index (χ0v) is 17.0. The van der Waals surface area contributed by atoms with E-state index in [0.29, 0.717) is 18.6 Å². The highest BCUT2D eigenvalue weighted by Crippen LogP contribution is 2.27. The number of amides is 5. The Bertz CT molecular complexity index is 757. The van der Waals surface area contributed by atoms with Gasteiger partial charge in [-0.15, -0.1) is 0 Å². The van der Waals surface area contributed by atoms with Gasteiger partial charge >= 0.3 is 6.03 Å². The van der Waals surface area contributed by atoms with Crippen molar-refractivity contribution in [3.8, 4) is 5.75 Å². The molecular weight excluding hydrogens is 376 g/mol. The number of hydrazine groups is 1. The number of benzene rings is 1. The van der Waals surface area contributed by atoms with E-state index in [4.69, 9.17) is 4.74 Å². The van der Waals surface area contributed by atoms with Crippen LogP contribution in [-0.2, 0) is 14.4 Å². The zero-order chi connectivity index (χ0) is 21.4. The Labute approximate surface area is 170 Å². The van der Waals surface area contributed by atoms with Crippen LogP contribution in [-0.4, -0.2) is 47.3 Å². The van der Waals surface area contributed by atoms with Crippen LogP contribution in [0.4, 0.5) is 4.79 Å². The topological polar surface area (TPSA) is 117 Å². The molecule has 3 N–H and O–H groups in total. The van der Waals surface area contributed by atoms with Crippen LogP contribution in [0.2, 0.25) is 0 Å². The molecule has 0 radical (unpaired) electrons. The van der Waals surface area contributed by atoms with E-state index in [9.17, 15) is 19.2 Å². The van der Waals surface area contributed by atoms with E-state index in [1.807, 2.05) is 32.9 Å². The number of nitrogens with one attached hydrogen (secondary N) is 3. The first-order chi connectivity index (χ1) is 13.8. The molecule has 0 saturated carbocycles. The van der Waals surface area contributed by atoms with Gasteiger partial charge in [-0.25, -0.2) is 4.79 Å². The molecule has 1 aliphatic heterocycles. The molecular formula is C20H28N4O5. The fraction of sp³-hybridized carbons (Fsp3) is 0.500. The average molecular weight is 404 g/mol. The second kappa shape index (κ2) is 9.90. The van der Waals surface area contributed by atoms with E-state index in [-0.39, 0.29) is 6.61 Å². The highest BCUT2D eigenvalue weighted by Gasteiger charge is 2.50. The van der Waals surface area contributed by atoms with Crippen LogP contribution in [0.1, 0.15) is 45.1 Å². The Balaban J connectivity index is 1.82. The van der Waals surface area contributed by atoms with Gasteiger partial charge in [-0.2, -0.15) is 0 Å². The van der Waals surface area contributed by atoms with Crippen molar-refractivity contribution in [2.75, 3.05) is 13.2 Å². The summed E-state index contributed by atoms with van der Waals surface area (Å²) in [6.07, 6.45) is 2.47. The van der Waals surface area contributed by atoms with Crippen LogP contribution in [0.5, 0.6) is 5.75 Å². The Hall–Kier alpha value is -3.10. The Morgan fingerprint density at radius 2 is 1.62 bits per heavy atom. The van der Waals surface area contributed by atoms with Crippen molar-refractivity contribution in [3.63, 3.8) is 0 Å². The number of ether oxygens (including phenoxy) is 1. The first kappa shape index (κ1) is 22.2. The number of carbonyl (C=O) groups is 4. The number of aryl methyl sites for hydroxylation is 1. The molecule has 1 saturated heterocycles. The molecule has 1 heterocycles. The molecule has 29 heavy (non-hydrogen) atoms. The second-order valence-electron chi connectivity index (χ2n) is 7.10. The minimum absolute atomic E-state index is 0.289. The fourth-order valence-corrected chi connectivity index (χ4v) is 3.28. The van der Waals surface area contributed by atoms with Gasteiger partial charge in [0.25, 0.3) is 17.7 Å². The lowest BCUT2D eigenvalue weighted by molar-refractivity contribution is -0.136. The van der Waals surface area contributed by atoms with Crippen LogP contribution < -0.4 is 20.9 Å². The first-order valence-corrected chi connectivity index (χ1v) is 9.72. The largest absolute Gasteiger partial charge is 0.484 e. The van der Waals surface area contributed by atoms with Crippen LogP contribution in [0, 0.1) is 6.92 Å². The molecule has 1 aromatic carbocycles. The van der Waals surface area contributed by atoms with E-state index < -0.39 is 35.8 Å². The van der Waals surface area contributed by atoms with Crippen LogP contribution in [0.3, 0.4) is 0 Å². The molecule has 9 nitrogen and oxygen atoms in total. The van der Waals surface area contributed by atoms with Gasteiger partial charge < -0.3 is 10.1 Å². The molecule has 5 amide bonds. The predicted molar refractivity (Wildman–Crippen MR) is 106 cm³/mol. The second-order valence-corrected chi connectivity index (χ2v) is 7.10. The highest BCUT2D eigenvalue weighted by molar-refractivity contribution is 6.09. The van der Waals surface area contributed by atoms with Crippen LogP contribution >= 0.6 is 0 Å². The Morgan fingerprint density at radius 1 is 1.03 bits per heavy atom. The average Bonchev–Trinajstić information content (AvgIpc) is 2.90. The van der Waals surface area contributed by atoms with E-state index in [0.717, 1.165) is 23.3 Å². The maximum Gasteiger partial charge on any atom is 0.325 e. The Kier molecular flexibility index (Phi) is 7.58. The number of urea groups is 1. The van der Waals surface area contributed by atoms with Crippen LogP contribution in [0.25, 0.3) is 0 Å². The fourth-order valence-electron chi connectivity index (χ4n) is 3.28. The van der Waals surface area contributed by atoms with Crippen LogP contribution in [0.15, 0.2) is 24.3 Å². The van der Waals surface area contributed by atoms with Gasteiger partial charge in [0, 0.05) is 0 Å². The summed E-state index contributed by atoms with van der Waals surface area (Å²) in [5.74, 6) is -1.13. The number of hydrogen-bond donors (Lipinski definition) is 3. The lowest BCUT2D eigenvalue weighted by Gasteiger charge is -2.25. The third-order valence-electron chi connectivity index (χ3n) is 4.63. The van der Waals surface area contributed by atoms with Gasteiger partial charge in [-0.1, -0.05) is 44.4 Å². The van der Waals surface area contributed by atoms with Gasteiger partial charge in [-0.3, -0.25) is 30.1 Å². The van der Waals surface area contributed by atoms with E-state index in [1.54, 1.807) is 12.1 Å². The molecule has 1 fully saturated rings. The normalized spacial score (nSPS) is 15.1. The van der Waals surface area contributed by atoms with Crippen molar-refractivity contribution in [1.29, 1.82) is 0 Å². The number of hydrogen-bond acceptors (Lipinski definition) is 5. The van der Waals surface area contributed by atoms with Gasteiger partial charge in [0.05, 0.1) is 0 Å². The highest BCUT2D eigenvalue weighted by atomic mass is 16.5. The smallest absolute Gasteiger partial charge is 0.325 e. The molecule has 158 valence electrons. The van der Waals surface area contributed by atoms with Gasteiger partial charge in [0.2, 0.25) is 0 Å². The SMILES string of the molecule is CCCC1(CCC)NC(=O)N(CC(=O)NNC(=O)COc2ccc(C)cc2)C1=O. The van der Waals surface area contributed by atoms with Gasteiger partial charge in [0.1, 0.15) is 17.8 Å². The van der Waals surface area contributed by atoms with Crippen molar-refractivity contribution in [2.45, 2.75) is 52.0 Å². The molecule has 2 rings (SSSR count). The predicted octanol–water partition coefficient (Wildman–Crippen LogP) is 1.41. The molecule has 0 unspecified atom stereocenters. The summed E-state index contributed by atoms with van der Waals surface area (Å²) < 4.78 is 5.31. The van der Waals surface area contributed by atoms with E-state index in [1.165, 1.54) is 0 Å². The minimum atomic E-state index is -0.952. The molecule has 1 aromatic rings. The number of imide groups is 1.